The summed E-state index contributed by atoms with van der Waals surface area (Å²) in [5.41, 5.74) is 1.04. The molecule has 0 radical (unpaired) electrons. The number of nitrogens with one attached hydrogen (secondary N) is 1. The number of rotatable bonds is 5. The summed E-state index contributed by atoms with van der Waals surface area (Å²) in [6.45, 7) is 2.33. The van der Waals surface area contributed by atoms with Crippen molar-refractivity contribution >= 4 is 0 Å². The minimum absolute atomic E-state index is 0.269. The van der Waals surface area contributed by atoms with Gasteiger partial charge in [0.15, 0.2) is 11.6 Å². The van der Waals surface area contributed by atoms with Crippen LogP contribution >= 0.6 is 0 Å². The van der Waals surface area contributed by atoms with Gasteiger partial charge in [0.2, 0.25) is 0 Å². The summed E-state index contributed by atoms with van der Waals surface area (Å²) in [4.78, 5) is 0. The van der Waals surface area contributed by atoms with Crippen molar-refractivity contribution in [3.05, 3.63) is 29.6 Å². The van der Waals surface area contributed by atoms with E-state index in [0.717, 1.165) is 17.9 Å². The largest absolute Gasteiger partial charge is 0.494 e. The molecular weight excluding hydrogens is 241 g/mol. The topological polar surface area (TPSA) is 21.3 Å². The molecule has 1 aromatic carbocycles. The van der Waals surface area contributed by atoms with E-state index in [1.807, 2.05) is 13.1 Å². The fourth-order valence-corrected chi connectivity index (χ4v) is 3.33. The van der Waals surface area contributed by atoms with Crippen LogP contribution in [0.1, 0.15) is 31.7 Å². The number of ether oxygens (including phenoxy) is 1. The number of likely N-dealkylation sites (N-methyl/N-ethyl adjacent to an activating group) is 1. The van der Waals surface area contributed by atoms with Crippen LogP contribution in [-0.4, -0.2) is 20.2 Å². The number of halogens is 1. The van der Waals surface area contributed by atoms with E-state index in [1.54, 1.807) is 12.1 Å². The molecule has 3 heteroatoms. The van der Waals surface area contributed by atoms with Gasteiger partial charge in [-0.3, -0.25) is 0 Å². The number of methoxy groups -OCH3 is 1. The van der Waals surface area contributed by atoms with Gasteiger partial charge in [-0.2, -0.15) is 0 Å². The maximum atomic E-state index is 13.7. The first kappa shape index (κ1) is 14.3. The Labute approximate surface area is 115 Å². The van der Waals surface area contributed by atoms with Crippen LogP contribution in [0.5, 0.6) is 5.75 Å². The van der Waals surface area contributed by atoms with E-state index >= 15 is 0 Å². The monoisotopic (exact) mass is 265 g/mol. The van der Waals surface area contributed by atoms with Gasteiger partial charge in [0.25, 0.3) is 0 Å². The Morgan fingerprint density at radius 1 is 1.42 bits per heavy atom. The Bertz CT molecular complexity index is 421. The Morgan fingerprint density at radius 3 is 2.74 bits per heavy atom. The maximum absolute atomic E-state index is 13.7. The standard InChI is InChI=1S/C16H24FNO/c1-11-5-4-6-13(11)15(18-2)10-12-7-8-16(19-3)14(17)9-12/h7-9,11,13,15,18H,4-6,10H2,1-3H3. The predicted molar refractivity (Wildman–Crippen MR) is 76.0 cm³/mol. The zero-order valence-electron chi connectivity index (χ0n) is 12.1. The fourth-order valence-electron chi connectivity index (χ4n) is 3.33. The highest BCUT2D eigenvalue weighted by Crippen LogP contribution is 2.34. The molecule has 0 aliphatic heterocycles. The van der Waals surface area contributed by atoms with Gasteiger partial charge in [-0.15, -0.1) is 0 Å². The van der Waals surface area contributed by atoms with Gasteiger partial charge in [0, 0.05) is 6.04 Å². The highest BCUT2D eigenvalue weighted by atomic mass is 19.1. The summed E-state index contributed by atoms with van der Waals surface area (Å²) in [6, 6.07) is 5.72. The Hall–Kier alpha value is -1.09. The predicted octanol–water partition coefficient (Wildman–Crippen LogP) is 3.40. The van der Waals surface area contributed by atoms with Crippen LogP contribution in [0.4, 0.5) is 4.39 Å². The molecule has 0 amide bonds. The molecule has 3 atom stereocenters. The molecule has 106 valence electrons. The fraction of sp³-hybridized carbons (Fsp3) is 0.625. The normalized spacial score (nSPS) is 24.4. The highest BCUT2D eigenvalue weighted by molar-refractivity contribution is 5.29. The first-order valence-corrected chi connectivity index (χ1v) is 7.15. The third-order valence-electron chi connectivity index (χ3n) is 4.49. The smallest absolute Gasteiger partial charge is 0.165 e. The van der Waals surface area contributed by atoms with Crippen molar-refractivity contribution in [3.8, 4) is 5.75 Å². The lowest BCUT2D eigenvalue weighted by Gasteiger charge is -2.27. The molecule has 2 nitrogen and oxygen atoms in total. The van der Waals surface area contributed by atoms with Crippen molar-refractivity contribution in [3.63, 3.8) is 0 Å². The first-order chi connectivity index (χ1) is 9.15. The minimum atomic E-state index is -0.269. The summed E-state index contributed by atoms with van der Waals surface area (Å²) in [5.74, 6) is 1.52. The molecule has 3 unspecified atom stereocenters. The summed E-state index contributed by atoms with van der Waals surface area (Å²) in [6.07, 6.45) is 4.80. The molecule has 1 fully saturated rings. The van der Waals surface area contributed by atoms with Crippen molar-refractivity contribution in [1.82, 2.24) is 5.32 Å². The van der Waals surface area contributed by atoms with Gasteiger partial charge in [0.1, 0.15) is 0 Å². The highest BCUT2D eigenvalue weighted by Gasteiger charge is 2.30. The summed E-state index contributed by atoms with van der Waals surface area (Å²) in [7, 11) is 3.50. The minimum Gasteiger partial charge on any atom is -0.494 e. The molecular formula is C16H24FNO. The SMILES string of the molecule is CNC(Cc1ccc(OC)c(F)c1)C1CCCC1C. The van der Waals surface area contributed by atoms with Gasteiger partial charge in [-0.05, 0) is 49.4 Å². The molecule has 1 aliphatic rings. The van der Waals surface area contributed by atoms with Crippen LogP contribution < -0.4 is 10.1 Å². The van der Waals surface area contributed by atoms with E-state index in [1.165, 1.54) is 26.4 Å². The summed E-state index contributed by atoms with van der Waals surface area (Å²) in [5, 5.41) is 3.42. The van der Waals surface area contributed by atoms with Crippen LogP contribution in [0.15, 0.2) is 18.2 Å². The van der Waals surface area contributed by atoms with Gasteiger partial charge >= 0.3 is 0 Å². The molecule has 19 heavy (non-hydrogen) atoms. The average Bonchev–Trinajstić information content (AvgIpc) is 2.82. The second-order valence-electron chi connectivity index (χ2n) is 5.64. The zero-order chi connectivity index (χ0) is 13.8. The summed E-state index contributed by atoms with van der Waals surface area (Å²) >= 11 is 0. The maximum Gasteiger partial charge on any atom is 0.165 e. The third kappa shape index (κ3) is 3.27. The van der Waals surface area contributed by atoms with Crippen molar-refractivity contribution in [2.45, 2.75) is 38.6 Å². The van der Waals surface area contributed by atoms with Crippen LogP contribution in [-0.2, 0) is 6.42 Å². The van der Waals surface area contributed by atoms with E-state index in [-0.39, 0.29) is 5.82 Å². The van der Waals surface area contributed by atoms with E-state index in [0.29, 0.717) is 17.7 Å². The Morgan fingerprint density at radius 2 is 2.21 bits per heavy atom. The third-order valence-corrected chi connectivity index (χ3v) is 4.49. The molecule has 0 bridgehead atoms. The van der Waals surface area contributed by atoms with Crippen molar-refractivity contribution in [2.24, 2.45) is 11.8 Å². The van der Waals surface area contributed by atoms with Gasteiger partial charge in [0.05, 0.1) is 7.11 Å². The average molecular weight is 265 g/mol. The molecule has 1 N–H and O–H groups in total. The number of hydrogen-bond acceptors (Lipinski definition) is 2. The summed E-state index contributed by atoms with van der Waals surface area (Å²) < 4.78 is 18.7. The molecule has 1 aliphatic carbocycles. The number of hydrogen-bond donors (Lipinski definition) is 1. The number of benzene rings is 1. The van der Waals surface area contributed by atoms with Crippen LogP contribution in [0, 0.1) is 17.7 Å². The van der Waals surface area contributed by atoms with E-state index < -0.39 is 0 Å². The Balaban J connectivity index is 2.07. The van der Waals surface area contributed by atoms with Crippen molar-refractivity contribution < 1.29 is 9.13 Å². The van der Waals surface area contributed by atoms with E-state index in [4.69, 9.17) is 4.74 Å². The Kier molecular flexibility index (Phi) is 4.81. The zero-order valence-corrected chi connectivity index (χ0v) is 12.1. The molecule has 1 aromatic rings. The van der Waals surface area contributed by atoms with Crippen LogP contribution in [0.3, 0.4) is 0 Å². The quantitative estimate of drug-likeness (QED) is 0.881. The lowest BCUT2D eigenvalue weighted by atomic mass is 9.86. The van der Waals surface area contributed by atoms with Crippen LogP contribution in [0.2, 0.25) is 0 Å². The van der Waals surface area contributed by atoms with Crippen LogP contribution in [0.25, 0.3) is 0 Å². The lowest BCUT2D eigenvalue weighted by molar-refractivity contribution is 0.307. The van der Waals surface area contributed by atoms with Crippen molar-refractivity contribution in [2.75, 3.05) is 14.2 Å². The second kappa shape index (κ2) is 6.38. The van der Waals surface area contributed by atoms with Gasteiger partial charge in [-0.25, -0.2) is 4.39 Å². The van der Waals surface area contributed by atoms with Crippen molar-refractivity contribution in [1.29, 1.82) is 0 Å². The van der Waals surface area contributed by atoms with E-state index in [9.17, 15) is 4.39 Å². The molecule has 0 aromatic heterocycles. The van der Waals surface area contributed by atoms with Gasteiger partial charge < -0.3 is 10.1 Å². The van der Waals surface area contributed by atoms with E-state index in [2.05, 4.69) is 12.2 Å². The second-order valence-corrected chi connectivity index (χ2v) is 5.64. The lowest BCUT2D eigenvalue weighted by Crippen LogP contribution is -2.36. The molecule has 1 saturated carbocycles. The molecule has 0 spiro atoms. The first-order valence-electron chi connectivity index (χ1n) is 7.15. The van der Waals surface area contributed by atoms with Gasteiger partial charge in [-0.1, -0.05) is 25.8 Å². The molecule has 0 heterocycles. The molecule has 0 saturated heterocycles. The molecule has 2 rings (SSSR count).